The lowest BCUT2D eigenvalue weighted by molar-refractivity contribution is -0.111. The fourth-order valence-electron chi connectivity index (χ4n) is 0.648. The molecule has 0 aliphatic heterocycles. The summed E-state index contributed by atoms with van der Waals surface area (Å²) >= 11 is 0. The second kappa shape index (κ2) is 4.57. The second-order valence-corrected chi connectivity index (χ2v) is 5.00. The highest BCUT2D eigenvalue weighted by atomic mass is 32.2. The minimum atomic E-state index is -3.48. The van der Waals surface area contributed by atoms with Gasteiger partial charge in [-0.25, -0.2) is 8.42 Å². The van der Waals surface area contributed by atoms with E-state index in [1.807, 2.05) is 13.8 Å². The quantitative estimate of drug-likeness (QED) is 0.679. The molecular weight excluding hydrogens is 178 g/mol. The summed E-state index contributed by atoms with van der Waals surface area (Å²) in [6.07, 6.45) is 0.988. The van der Waals surface area contributed by atoms with E-state index in [9.17, 15) is 13.2 Å². The maximum atomic E-state index is 10.8. The molecule has 0 saturated carbocycles. The summed E-state index contributed by atoms with van der Waals surface area (Å²) in [7, 11) is -3.48. The van der Waals surface area contributed by atoms with Crippen molar-refractivity contribution in [1.82, 2.24) is 5.32 Å². The van der Waals surface area contributed by atoms with Gasteiger partial charge in [-0.1, -0.05) is 13.8 Å². The summed E-state index contributed by atoms with van der Waals surface area (Å²) in [5.41, 5.74) is 0. The zero-order valence-corrected chi connectivity index (χ0v) is 8.44. The largest absolute Gasteiger partial charge is 0.314 e. The van der Waals surface area contributed by atoms with E-state index in [2.05, 4.69) is 5.32 Å². The van der Waals surface area contributed by atoms with Gasteiger partial charge >= 0.3 is 0 Å². The molecule has 0 radical (unpaired) electrons. The van der Waals surface area contributed by atoms with Crippen LogP contribution in [0.1, 0.15) is 20.3 Å². The maximum absolute atomic E-state index is 10.8. The monoisotopic (exact) mass is 193 g/mol. The average Bonchev–Trinajstić information content (AvgIpc) is 1.84. The second-order valence-electron chi connectivity index (χ2n) is 3.00. The Bertz CT molecular complexity index is 243. The summed E-state index contributed by atoms with van der Waals surface area (Å²) in [5.74, 6) is 0. The van der Waals surface area contributed by atoms with Crippen LogP contribution in [0.25, 0.3) is 0 Å². The van der Waals surface area contributed by atoms with E-state index < -0.39 is 15.0 Å². The van der Waals surface area contributed by atoms with Crippen molar-refractivity contribution in [3.8, 4) is 0 Å². The highest BCUT2D eigenvalue weighted by Gasteiger charge is 2.14. The normalized spacial score (nSPS) is 12.0. The molecule has 0 aromatic rings. The molecule has 0 unspecified atom stereocenters. The molecule has 0 bridgehead atoms. The first-order valence-corrected chi connectivity index (χ1v) is 5.69. The number of rotatable bonds is 4. The summed E-state index contributed by atoms with van der Waals surface area (Å²) in [5, 5.41) is 2.26. The molecule has 72 valence electrons. The molecule has 0 saturated heterocycles. The SMILES string of the molecule is CC(C)NCCC(=O)S(C)(=O)=O. The summed E-state index contributed by atoms with van der Waals surface area (Å²) in [4.78, 5) is 10.8. The number of carbonyl (C=O) groups excluding carboxylic acids is 1. The van der Waals surface area contributed by atoms with Crippen LogP contribution < -0.4 is 5.32 Å². The zero-order chi connectivity index (χ0) is 9.78. The van der Waals surface area contributed by atoms with Gasteiger partial charge in [-0.3, -0.25) is 4.79 Å². The van der Waals surface area contributed by atoms with Crippen LogP contribution in [0.5, 0.6) is 0 Å². The average molecular weight is 193 g/mol. The Hall–Kier alpha value is -0.420. The van der Waals surface area contributed by atoms with E-state index in [0.29, 0.717) is 6.54 Å². The fourth-order valence-corrected chi connectivity index (χ4v) is 1.12. The molecule has 5 heteroatoms. The molecule has 1 N–H and O–H groups in total. The fraction of sp³-hybridized carbons (Fsp3) is 0.857. The number of sulfone groups is 1. The number of hydrogen-bond donors (Lipinski definition) is 1. The van der Waals surface area contributed by atoms with Crippen LogP contribution in [0.15, 0.2) is 0 Å². The van der Waals surface area contributed by atoms with E-state index in [1.165, 1.54) is 0 Å². The highest BCUT2D eigenvalue weighted by Crippen LogP contribution is 1.91. The lowest BCUT2D eigenvalue weighted by Gasteiger charge is -2.05. The maximum Gasteiger partial charge on any atom is 0.247 e. The van der Waals surface area contributed by atoms with Crippen molar-refractivity contribution in [3.63, 3.8) is 0 Å². The van der Waals surface area contributed by atoms with Gasteiger partial charge in [-0.15, -0.1) is 0 Å². The third-order valence-electron chi connectivity index (χ3n) is 1.30. The van der Waals surface area contributed by atoms with Crippen molar-refractivity contribution < 1.29 is 13.2 Å². The minimum Gasteiger partial charge on any atom is -0.314 e. The van der Waals surface area contributed by atoms with Crippen LogP contribution >= 0.6 is 0 Å². The Labute approximate surface area is 73.3 Å². The first kappa shape index (κ1) is 11.6. The summed E-state index contributed by atoms with van der Waals surface area (Å²) in [6.45, 7) is 4.29. The van der Waals surface area contributed by atoms with Crippen LogP contribution in [-0.2, 0) is 14.6 Å². The molecule has 0 atom stereocenters. The number of hydrogen-bond acceptors (Lipinski definition) is 4. The van der Waals surface area contributed by atoms with Crippen LogP contribution in [0.2, 0.25) is 0 Å². The smallest absolute Gasteiger partial charge is 0.247 e. The first-order valence-electron chi connectivity index (χ1n) is 3.80. The number of carbonyl (C=O) groups is 1. The third-order valence-corrected chi connectivity index (χ3v) is 2.33. The van der Waals surface area contributed by atoms with Crippen molar-refractivity contribution in [3.05, 3.63) is 0 Å². The van der Waals surface area contributed by atoms with Gasteiger partial charge in [0.05, 0.1) is 0 Å². The first-order chi connectivity index (χ1) is 5.34. The molecule has 0 aromatic carbocycles. The molecule has 0 aliphatic carbocycles. The molecule has 0 aliphatic rings. The van der Waals surface area contributed by atoms with E-state index in [1.54, 1.807) is 0 Å². The van der Waals surface area contributed by atoms with Gasteiger partial charge in [0.25, 0.3) is 0 Å². The van der Waals surface area contributed by atoms with E-state index >= 15 is 0 Å². The molecule has 0 rings (SSSR count). The van der Waals surface area contributed by atoms with Crippen molar-refractivity contribution in [2.24, 2.45) is 0 Å². The summed E-state index contributed by atoms with van der Waals surface area (Å²) in [6, 6.07) is 0.275. The van der Waals surface area contributed by atoms with Crippen LogP contribution in [0.4, 0.5) is 0 Å². The van der Waals surface area contributed by atoms with Gasteiger partial charge in [0, 0.05) is 25.3 Å². The van der Waals surface area contributed by atoms with Gasteiger partial charge in [-0.05, 0) is 0 Å². The van der Waals surface area contributed by atoms with Crippen LogP contribution in [0.3, 0.4) is 0 Å². The highest BCUT2D eigenvalue weighted by molar-refractivity contribution is 8.05. The van der Waals surface area contributed by atoms with Crippen molar-refractivity contribution in [2.75, 3.05) is 12.8 Å². The Morgan fingerprint density at radius 3 is 2.25 bits per heavy atom. The molecular formula is C7H15NO3S. The van der Waals surface area contributed by atoms with Crippen LogP contribution in [0, 0.1) is 0 Å². The zero-order valence-electron chi connectivity index (χ0n) is 7.62. The molecule has 0 heterocycles. The molecule has 0 amide bonds. The van der Waals surface area contributed by atoms with Gasteiger partial charge in [0.2, 0.25) is 15.0 Å². The van der Waals surface area contributed by atoms with Gasteiger partial charge in [0.1, 0.15) is 0 Å². The summed E-state index contributed by atoms with van der Waals surface area (Å²) < 4.78 is 21.3. The van der Waals surface area contributed by atoms with E-state index in [0.717, 1.165) is 6.26 Å². The molecule has 0 aromatic heterocycles. The predicted octanol–water partition coefficient (Wildman–Crippen LogP) is -0.0543. The van der Waals surface area contributed by atoms with Gasteiger partial charge in [-0.2, -0.15) is 0 Å². The molecule has 12 heavy (non-hydrogen) atoms. The number of nitrogens with one attached hydrogen (secondary N) is 1. The Balaban J connectivity index is 3.75. The standard InChI is InChI=1S/C7H15NO3S/c1-6(2)8-5-4-7(9)12(3,10)11/h6,8H,4-5H2,1-3H3. The van der Waals surface area contributed by atoms with Crippen molar-refractivity contribution in [2.45, 2.75) is 26.3 Å². The molecule has 0 spiro atoms. The predicted molar refractivity (Wildman–Crippen MR) is 47.6 cm³/mol. The third kappa shape index (κ3) is 5.26. The van der Waals surface area contributed by atoms with Crippen LogP contribution in [-0.4, -0.2) is 32.4 Å². The Kier molecular flexibility index (Phi) is 4.41. The van der Waals surface area contributed by atoms with Crippen molar-refractivity contribution >= 4 is 15.0 Å². The van der Waals surface area contributed by atoms with Gasteiger partial charge < -0.3 is 5.32 Å². The lowest BCUT2D eigenvalue weighted by atomic mass is 10.3. The van der Waals surface area contributed by atoms with Gasteiger partial charge in [0.15, 0.2) is 0 Å². The molecule has 4 nitrogen and oxygen atoms in total. The van der Waals surface area contributed by atoms with E-state index in [-0.39, 0.29) is 12.5 Å². The Morgan fingerprint density at radius 2 is 1.92 bits per heavy atom. The molecule has 0 fully saturated rings. The topological polar surface area (TPSA) is 63.2 Å². The Morgan fingerprint density at radius 1 is 1.42 bits per heavy atom. The van der Waals surface area contributed by atoms with E-state index in [4.69, 9.17) is 0 Å². The minimum absolute atomic E-state index is 0.0526. The lowest BCUT2D eigenvalue weighted by Crippen LogP contribution is -2.27. The van der Waals surface area contributed by atoms with Crippen molar-refractivity contribution in [1.29, 1.82) is 0 Å².